The molecule has 1 aromatic carbocycles. The fraction of sp³-hybridized carbons (Fsp3) is 0.591. The summed E-state index contributed by atoms with van der Waals surface area (Å²) < 4.78 is 5.42. The molecule has 0 bridgehead atoms. The van der Waals surface area contributed by atoms with Crippen LogP contribution in [0.3, 0.4) is 0 Å². The summed E-state index contributed by atoms with van der Waals surface area (Å²) in [5.41, 5.74) is 2.43. The zero-order chi connectivity index (χ0) is 20.1. The van der Waals surface area contributed by atoms with Crippen LogP contribution in [-0.4, -0.2) is 48.3 Å². The molecule has 6 heteroatoms. The highest BCUT2D eigenvalue weighted by Gasteiger charge is 2.47. The number of oxime groups is 1. The average Bonchev–Trinajstić information content (AvgIpc) is 3.16. The number of nitrogens with zero attached hydrogens (tertiary/aromatic N) is 2. The topological polar surface area (TPSA) is 68.2 Å². The van der Waals surface area contributed by atoms with Crippen molar-refractivity contribution in [3.8, 4) is 0 Å². The Morgan fingerprint density at radius 3 is 2.82 bits per heavy atom. The van der Waals surface area contributed by atoms with Gasteiger partial charge in [-0.05, 0) is 32.3 Å². The Hall–Kier alpha value is -2.37. The molecular formula is C22H30N2O4. The van der Waals surface area contributed by atoms with Crippen LogP contribution in [0.2, 0.25) is 0 Å². The lowest BCUT2D eigenvalue weighted by molar-refractivity contribution is -0.163. The maximum absolute atomic E-state index is 12.9. The Morgan fingerprint density at radius 1 is 1.32 bits per heavy atom. The van der Waals surface area contributed by atoms with Crippen molar-refractivity contribution in [2.24, 2.45) is 10.6 Å². The SMILES string of the molecule is CCOC(=O)[C@]1(C[C@@H]2CC(c3ccccc3C)=NO2)CCCN(C(=O)CC)C1. The maximum atomic E-state index is 12.9. The molecule has 2 heterocycles. The van der Waals surface area contributed by atoms with Crippen LogP contribution in [0.5, 0.6) is 0 Å². The molecule has 0 aromatic heterocycles. The summed E-state index contributed by atoms with van der Waals surface area (Å²) in [6.07, 6.45) is 2.93. The summed E-state index contributed by atoms with van der Waals surface area (Å²) in [5, 5.41) is 4.30. The lowest BCUT2D eigenvalue weighted by atomic mass is 9.74. The van der Waals surface area contributed by atoms with Gasteiger partial charge in [0.2, 0.25) is 5.91 Å². The first-order valence-corrected chi connectivity index (χ1v) is 10.2. The Labute approximate surface area is 166 Å². The van der Waals surface area contributed by atoms with E-state index in [4.69, 9.17) is 9.57 Å². The van der Waals surface area contributed by atoms with E-state index in [1.807, 2.05) is 32.0 Å². The van der Waals surface area contributed by atoms with Gasteiger partial charge in [0.25, 0.3) is 0 Å². The van der Waals surface area contributed by atoms with Gasteiger partial charge in [0.15, 0.2) is 0 Å². The van der Waals surface area contributed by atoms with Crippen molar-refractivity contribution in [3.63, 3.8) is 0 Å². The molecule has 152 valence electrons. The molecule has 0 aliphatic carbocycles. The number of amides is 1. The van der Waals surface area contributed by atoms with E-state index in [-0.39, 0.29) is 18.0 Å². The van der Waals surface area contributed by atoms with Gasteiger partial charge < -0.3 is 14.5 Å². The predicted molar refractivity (Wildman–Crippen MR) is 107 cm³/mol. The molecule has 1 saturated heterocycles. The number of hydrogen-bond donors (Lipinski definition) is 0. The zero-order valence-electron chi connectivity index (χ0n) is 17.1. The van der Waals surface area contributed by atoms with Crippen molar-refractivity contribution in [2.75, 3.05) is 19.7 Å². The van der Waals surface area contributed by atoms with Crippen LogP contribution in [0.4, 0.5) is 0 Å². The molecule has 28 heavy (non-hydrogen) atoms. The molecule has 1 fully saturated rings. The molecule has 1 aromatic rings. The third-order valence-corrected chi connectivity index (χ3v) is 5.75. The molecule has 1 amide bonds. The van der Waals surface area contributed by atoms with Crippen molar-refractivity contribution in [3.05, 3.63) is 35.4 Å². The van der Waals surface area contributed by atoms with Crippen LogP contribution in [0, 0.1) is 12.3 Å². The minimum atomic E-state index is -0.722. The molecule has 0 radical (unpaired) electrons. The van der Waals surface area contributed by atoms with Crippen LogP contribution in [0.25, 0.3) is 0 Å². The van der Waals surface area contributed by atoms with E-state index in [2.05, 4.69) is 18.1 Å². The molecule has 3 rings (SSSR count). The van der Waals surface area contributed by atoms with Crippen molar-refractivity contribution in [2.45, 2.75) is 59.0 Å². The number of hydrogen-bond acceptors (Lipinski definition) is 5. The molecule has 6 nitrogen and oxygen atoms in total. The predicted octanol–water partition coefficient (Wildman–Crippen LogP) is 3.46. The van der Waals surface area contributed by atoms with Crippen molar-refractivity contribution < 1.29 is 19.2 Å². The molecule has 0 spiro atoms. The standard InChI is InChI=1S/C22H30N2O4/c1-4-20(25)24-12-8-11-22(15-24,21(26)27-5-2)14-17-13-19(23-28-17)18-10-7-6-9-16(18)3/h6-7,9-10,17H,4-5,8,11-15H2,1-3H3/t17-,22-/m0/s1. The van der Waals surface area contributed by atoms with E-state index < -0.39 is 5.41 Å². The fourth-order valence-electron chi connectivity index (χ4n) is 4.30. The van der Waals surface area contributed by atoms with E-state index in [9.17, 15) is 9.59 Å². The highest BCUT2D eigenvalue weighted by molar-refractivity contribution is 6.02. The lowest BCUT2D eigenvalue weighted by Crippen LogP contribution is -2.51. The summed E-state index contributed by atoms with van der Waals surface area (Å²) in [6.45, 7) is 7.15. The minimum absolute atomic E-state index is 0.0811. The number of rotatable bonds is 6. The first-order valence-electron chi connectivity index (χ1n) is 10.2. The largest absolute Gasteiger partial charge is 0.466 e. The Morgan fingerprint density at radius 2 is 2.11 bits per heavy atom. The van der Waals surface area contributed by atoms with Gasteiger partial charge in [0.05, 0.1) is 17.7 Å². The second-order valence-electron chi connectivity index (χ2n) is 7.76. The summed E-state index contributed by atoms with van der Waals surface area (Å²) in [6, 6.07) is 8.10. The molecule has 2 aliphatic heterocycles. The summed E-state index contributed by atoms with van der Waals surface area (Å²) in [4.78, 5) is 32.7. The summed E-state index contributed by atoms with van der Waals surface area (Å²) in [7, 11) is 0. The van der Waals surface area contributed by atoms with Gasteiger partial charge in [-0.25, -0.2) is 0 Å². The smallest absolute Gasteiger partial charge is 0.314 e. The van der Waals surface area contributed by atoms with Crippen LogP contribution in [0.1, 0.15) is 57.1 Å². The number of likely N-dealkylation sites (tertiary alicyclic amines) is 1. The number of benzene rings is 1. The number of ether oxygens (including phenoxy) is 1. The van der Waals surface area contributed by atoms with Crippen LogP contribution in [-0.2, 0) is 19.2 Å². The van der Waals surface area contributed by atoms with Gasteiger partial charge in [-0.1, -0.05) is 36.3 Å². The third-order valence-electron chi connectivity index (χ3n) is 5.75. The van der Waals surface area contributed by atoms with E-state index in [0.717, 1.165) is 23.3 Å². The molecule has 2 aliphatic rings. The number of piperidine rings is 1. The van der Waals surface area contributed by atoms with E-state index >= 15 is 0 Å². The van der Waals surface area contributed by atoms with Crippen molar-refractivity contribution in [1.82, 2.24) is 4.90 Å². The van der Waals surface area contributed by atoms with E-state index in [0.29, 0.717) is 45.4 Å². The van der Waals surface area contributed by atoms with Gasteiger partial charge in [-0.15, -0.1) is 0 Å². The fourth-order valence-corrected chi connectivity index (χ4v) is 4.30. The van der Waals surface area contributed by atoms with Crippen LogP contribution < -0.4 is 0 Å². The Bertz CT molecular complexity index is 761. The average molecular weight is 386 g/mol. The van der Waals surface area contributed by atoms with Gasteiger partial charge >= 0.3 is 5.97 Å². The van der Waals surface area contributed by atoms with E-state index in [1.54, 1.807) is 4.90 Å². The molecular weight excluding hydrogens is 356 g/mol. The monoisotopic (exact) mass is 386 g/mol. The number of carbonyl (C=O) groups is 2. The first kappa shape index (κ1) is 20.4. The second kappa shape index (κ2) is 8.76. The molecule has 0 unspecified atom stereocenters. The molecule has 0 saturated carbocycles. The minimum Gasteiger partial charge on any atom is -0.466 e. The van der Waals surface area contributed by atoms with Gasteiger partial charge in [-0.3, -0.25) is 9.59 Å². The third kappa shape index (κ3) is 4.21. The van der Waals surface area contributed by atoms with Crippen LogP contribution >= 0.6 is 0 Å². The normalized spacial score (nSPS) is 24.5. The van der Waals surface area contributed by atoms with Gasteiger partial charge in [0, 0.05) is 37.9 Å². The maximum Gasteiger partial charge on any atom is 0.314 e. The number of esters is 1. The van der Waals surface area contributed by atoms with Crippen molar-refractivity contribution in [1.29, 1.82) is 0 Å². The zero-order valence-corrected chi connectivity index (χ0v) is 17.1. The Kier molecular flexibility index (Phi) is 6.37. The van der Waals surface area contributed by atoms with Crippen molar-refractivity contribution >= 4 is 17.6 Å². The first-order chi connectivity index (χ1) is 13.5. The summed E-state index contributed by atoms with van der Waals surface area (Å²) in [5.74, 6) is -0.144. The number of aryl methyl sites for hydroxylation is 1. The number of carbonyl (C=O) groups excluding carboxylic acids is 2. The highest BCUT2D eigenvalue weighted by Crippen LogP contribution is 2.39. The molecule has 2 atom stereocenters. The second-order valence-corrected chi connectivity index (χ2v) is 7.76. The molecule has 0 N–H and O–H groups in total. The van der Waals surface area contributed by atoms with E-state index in [1.165, 1.54) is 0 Å². The van der Waals surface area contributed by atoms with Crippen LogP contribution in [0.15, 0.2) is 29.4 Å². The van der Waals surface area contributed by atoms with Gasteiger partial charge in [0.1, 0.15) is 6.10 Å². The Balaban J connectivity index is 1.75. The quantitative estimate of drug-likeness (QED) is 0.702. The van der Waals surface area contributed by atoms with Gasteiger partial charge in [-0.2, -0.15) is 0 Å². The lowest BCUT2D eigenvalue weighted by Gasteiger charge is -2.41. The summed E-state index contributed by atoms with van der Waals surface area (Å²) >= 11 is 0. The highest BCUT2D eigenvalue weighted by atomic mass is 16.6.